The maximum absolute atomic E-state index is 14.2. The number of ether oxygens (including phenoxy) is 6. The number of aliphatic hydroxyl groups is 1. The number of carbonyl (C=O) groups is 6. The number of methoxy groups -OCH3 is 1. The van der Waals surface area contributed by atoms with Crippen LogP contribution in [0.15, 0.2) is 55.1 Å². The molecule has 1 aliphatic rings. The van der Waals surface area contributed by atoms with Crippen molar-refractivity contribution in [3.63, 3.8) is 0 Å². The van der Waals surface area contributed by atoms with Gasteiger partial charge in [0.15, 0.2) is 5.69 Å². The lowest BCUT2D eigenvalue weighted by Gasteiger charge is -2.24. The van der Waals surface area contributed by atoms with Crippen molar-refractivity contribution in [2.45, 2.75) is 92.4 Å². The van der Waals surface area contributed by atoms with E-state index < -0.39 is 78.8 Å². The summed E-state index contributed by atoms with van der Waals surface area (Å²) in [5, 5.41) is 29.9. The molecule has 65 heavy (non-hydrogen) atoms. The van der Waals surface area contributed by atoms with Crippen LogP contribution in [0.25, 0.3) is 17.2 Å². The Morgan fingerprint density at radius 2 is 1.58 bits per heavy atom. The van der Waals surface area contributed by atoms with Gasteiger partial charge in [-0.15, -0.1) is 0 Å². The van der Waals surface area contributed by atoms with Crippen molar-refractivity contribution in [3.05, 3.63) is 83.2 Å². The van der Waals surface area contributed by atoms with Gasteiger partial charge in [-0.2, -0.15) is 0 Å². The average molecular weight is 903 g/mol. The van der Waals surface area contributed by atoms with Crippen molar-refractivity contribution >= 4 is 53.6 Å². The van der Waals surface area contributed by atoms with Gasteiger partial charge in [0.05, 0.1) is 18.7 Å². The maximum atomic E-state index is 14.2. The van der Waals surface area contributed by atoms with Gasteiger partial charge in [-0.25, -0.2) is 24.2 Å². The Hall–Kier alpha value is -6.86. The van der Waals surface area contributed by atoms with Crippen molar-refractivity contribution < 1.29 is 62.3 Å². The van der Waals surface area contributed by atoms with Crippen LogP contribution in [0.5, 0.6) is 5.75 Å². The summed E-state index contributed by atoms with van der Waals surface area (Å²) in [4.78, 5) is 82.3. The van der Waals surface area contributed by atoms with Gasteiger partial charge in [-0.05, 0) is 94.0 Å². The summed E-state index contributed by atoms with van der Waals surface area (Å²) in [5.74, 6) is -3.70. The molecule has 1 aliphatic carbocycles. The maximum Gasteiger partial charge on any atom is 0.415 e. The number of carbonyl (C=O) groups excluding carboxylic acids is 6. The average Bonchev–Trinajstić information content (AvgIpc) is 4.08. The molecule has 1 heterocycles. The number of rotatable bonds is 19. The second-order valence-corrected chi connectivity index (χ2v) is 16.7. The van der Waals surface area contributed by atoms with Gasteiger partial charge in [0, 0.05) is 47.0 Å². The Kier molecular flexibility index (Phi) is 17.7. The third-order valence-corrected chi connectivity index (χ3v) is 9.48. The standard InChI is InChI=1S/C46H58N6O13/c1-11-28-20-33(39(53)49-30-16-14-29(15-17-30)38(47)52-44(58)64-26(6)63-41(55)25(4)5)32(21-35(28)60-10)31-18-19-34(40(54)48-22-27-12-13-27)50-37(31)43(57)62-23-61-42(56)36(24(2)3)51-45(59)65-46(7,8)9/h11,14-21,24-27,36,40,48,54H,1,12-13,22-23H2,2-10H3,(H,49,53)(H,51,59)(H2,47,52,58)/t26?,36-,40?/m0/s1. The number of aromatic nitrogens is 1. The van der Waals surface area contributed by atoms with Crippen LogP contribution in [0.4, 0.5) is 15.3 Å². The summed E-state index contributed by atoms with van der Waals surface area (Å²) in [6.45, 7) is 16.5. The molecule has 0 radical (unpaired) electrons. The lowest BCUT2D eigenvalue weighted by Crippen LogP contribution is -2.47. The topological polar surface area (TPSA) is 263 Å². The number of benzene rings is 2. The fourth-order valence-electron chi connectivity index (χ4n) is 5.88. The fourth-order valence-corrected chi connectivity index (χ4v) is 5.88. The van der Waals surface area contributed by atoms with E-state index in [1.54, 1.807) is 48.5 Å². The van der Waals surface area contributed by atoms with Crippen LogP contribution in [0, 0.1) is 23.2 Å². The van der Waals surface area contributed by atoms with Crippen molar-refractivity contribution in [2.75, 3.05) is 25.8 Å². The van der Waals surface area contributed by atoms with Crippen molar-refractivity contribution in [1.29, 1.82) is 5.41 Å². The molecule has 19 nitrogen and oxygen atoms in total. The molecule has 0 spiro atoms. The molecule has 350 valence electrons. The largest absolute Gasteiger partial charge is 0.496 e. The molecule has 3 amide bonds. The molecule has 1 fully saturated rings. The van der Waals surface area contributed by atoms with E-state index in [2.05, 4.69) is 32.8 Å². The quantitative estimate of drug-likeness (QED) is 0.0248. The second kappa shape index (κ2) is 22.7. The molecular formula is C46H58N6O13. The van der Waals surface area contributed by atoms with Gasteiger partial charge in [0.1, 0.15) is 29.5 Å². The van der Waals surface area contributed by atoms with Crippen molar-refractivity contribution in [2.24, 2.45) is 17.8 Å². The first-order valence-corrected chi connectivity index (χ1v) is 20.9. The lowest BCUT2D eigenvalue weighted by atomic mass is 9.94. The summed E-state index contributed by atoms with van der Waals surface area (Å²) >= 11 is 0. The Bertz CT molecular complexity index is 2250. The molecule has 6 N–H and O–H groups in total. The first kappa shape index (κ1) is 50.8. The van der Waals surface area contributed by atoms with E-state index in [0.717, 1.165) is 12.8 Å². The summed E-state index contributed by atoms with van der Waals surface area (Å²) in [6, 6.07) is 10.7. The monoisotopic (exact) mass is 902 g/mol. The molecule has 0 saturated heterocycles. The number of hydrogen-bond acceptors (Lipinski definition) is 16. The Balaban J connectivity index is 1.61. The summed E-state index contributed by atoms with van der Waals surface area (Å²) in [5.41, 5.74) is 0.126. The molecule has 0 aliphatic heterocycles. The number of amidine groups is 1. The van der Waals surface area contributed by atoms with E-state index in [4.69, 9.17) is 33.8 Å². The summed E-state index contributed by atoms with van der Waals surface area (Å²) < 4.78 is 31.6. The number of pyridine rings is 1. The zero-order valence-corrected chi connectivity index (χ0v) is 38.0. The van der Waals surface area contributed by atoms with Gasteiger partial charge in [-0.1, -0.05) is 40.3 Å². The van der Waals surface area contributed by atoms with E-state index in [1.807, 2.05) is 0 Å². The van der Waals surface area contributed by atoms with Crippen molar-refractivity contribution in [1.82, 2.24) is 20.9 Å². The molecule has 0 bridgehead atoms. The Labute approximate surface area is 377 Å². The first-order valence-electron chi connectivity index (χ1n) is 20.9. The number of nitrogens with one attached hydrogen (secondary N) is 5. The van der Waals surface area contributed by atoms with Crippen molar-refractivity contribution in [3.8, 4) is 16.9 Å². The highest BCUT2D eigenvalue weighted by Gasteiger charge is 2.30. The van der Waals surface area contributed by atoms with Crippen LogP contribution in [-0.2, 0) is 33.3 Å². The highest BCUT2D eigenvalue weighted by atomic mass is 16.7. The Morgan fingerprint density at radius 3 is 2.17 bits per heavy atom. The van der Waals surface area contributed by atoms with E-state index in [1.165, 1.54) is 68.6 Å². The minimum Gasteiger partial charge on any atom is -0.496 e. The van der Waals surface area contributed by atoms with Gasteiger partial charge in [-0.3, -0.25) is 25.6 Å². The number of alkyl carbamates (subject to hydrolysis) is 2. The zero-order valence-electron chi connectivity index (χ0n) is 38.0. The first-order chi connectivity index (χ1) is 30.6. The Morgan fingerprint density at radius 1 is 0.908 bits per heavy atom. The molecule has 3 aromatic rings. The predicted octanol–water partition coefficient (Wildman–Crippen LogP) is 6.45. The summed E-state index contributed by atoms with van der Waals surface area (Å²) in [7, 11) is 1.41. The van der Waals surface area contributed by atoms with Crippen LogP contribution in [0.3, 0.4) is 0 Å². The zero-order chi connectivity index (χ0) is 48.2. The van der Waals surface area contributed by atoms with E-state index >= 15 is 0 Å². The third-order valence-electron chi connectivity index (χ3n) is 9.48. The lowest BCUT2D eigenvalue weighted by molar-refractivity contribution is -0.168. The number of hydrogen-bond donors (Lipinski definition) is 6. The molecule has 2 unspecified atom stereocenters. The third kappa shape index (κ3) is 15.1. The van der Waals surface area contributed by atoms with Gasteiger partial charge in [0.25, 0.3) is 5.91 Å². The number of aliphatic hydroxyl groups excluding tert-OH is 1. The van der Waals surface area contributed by atoms with Crippen LogP contribution in [0.1, 0.15) is 112 Å². The van der Waals surface area contributed by atoms with Crippen LogP contribution < -0.4 is 26.0 Å². The summed E-state index contributed by atoms with van der Waals surface area (Å²) in [6.07, 6.45) is -0.830. The highest BCUT2D eigenvalue weighted by Crippen LogP contribution is 2.35. The molecule has 1 aromatic heterocycles. The fraction of sp³-hybridized carbons (Fsp3) is 0.435. The van der Waals surface area contributed by atoms with Crippen LogP contribution >= 0.6 is 0 Å². The number of esters is 3. The van der Waals surface area contributed by atoms with E-state index in [-0.39, 0.29) is 50.9 Å². The van der Waals surface area contributed by atoms with E-state index in [0.29, 0.717) is 18.0 Å². The molecule has 4 rings (SSSR count). The SMILES string of the molecule is C=Cc1cc(C(=O)Nc2ccc(C(=N)NC(=O)OC(C)OC(=O)C(C)C)cc2)c(-c2ccc(C(O)NCC3CC3)nc2C(=O)OCOC(=O)[C@@H](NC(=O)OC(C)(C)C)C(C)C)cc1OC. The van der Waals surface area contributed by atoms with Crippen LogP contribution in [0.2, 0.25) is 0 Å². The normalized spacial score (nSPS) is 13.7. The molecule has 3 atom stereocenters. The smallest absolute Gasteiger partial charge is 0.415 e. The molecule has 19 heteroatoms. The predicted molar refractivity (Wildman–Crippen MR) is 238 cm³/mol. The van der Waals surface area contributed by atoms with Gasteiger partial charge in [0.2, 0.25) is 13.1 Å². The number of anilines is 1. The number of nitrogens with zero attached hydrogens (tertiary/aromatic N) is 1. The second-order valence-electron chi connectivity index (χ2n) is 16.7. The number of amides is 3. The van der Waals surface area contributed by atoms with E-state index in [9.17, 15) is 33.9 Å². The highest BCUT2D eigenvalue weighted by molar-refractivity contribution is 6.11. The molecule has 2 aromatic carbocycles. The molecular weight excluding hydrogens is 845 g/mol. The minimum atomic E-state index is -1.27. The molecule has 1 saturated carbocycles. The minimum absolute atomic E-state index is 0.0321. The van der Waals surface area contributed by atoms with Gasteiger partial charge < -0.3 is 44.2 Å². The van der Waals surface area contributed by atoms with Gasteiger partial charge >= 0.3 is 30.1 Å². The van der Waals surface area contributed by atoms with Crippen LogP contribution in [-0.4, -0.2) is 90.3 Å².